The number of benzene rings is 1. The van der Waals surface area contributed by atoms with Crippen LogP contribution in [0.2, 0.25) is 0 Å². The van der Waals surface area contributed by atoms with Crippen molar-refractivity contribution >= 4 is 12.2 Å². The van der Waals surface area contributed by atoms with Gasteiger partial charge in [-0.1, -0.05) is 6.07 Å². The average Bonchev–Trinajstić information content (AvgIpc) is 3.03. The van der Waals surface area contributed by atoms with E-state index in [2.05, 4.69) is 10.3 Å². The second-order valence-corrected chi connectivity index (χ2v) is 4.66. The summed E-state index contributed by atoms with van der Waals surface area (Å²) in [7, 11) is 3.17. The molecule has 0 spiro atoms. The number of aromatic nitrogens is 1. The molecule has 22 heavy (non-hydrogen) atoms. The van der Waals surface area contributed by atoms with E-state index in [0.29, 0.717) is 42.0 Å². The molecule has 2 rings (SSSR count). The van der Waals surface area contributed by atoms with Crippen LogP contribution in [0.25, 0.3) is 0 Å². The molecule has 0 unspecified atom stereocenters. The highest BCUT2D eigenvalue weighted by Crippen LogP contribution is 2.27. The monoisotopic (exact) mass is 302 g/mol. The lowest BCUT2D eigenvalue weighted by Crippen LogP contribution is -2.25. The summed E-state index contributed by atoms with van der Waals surface area (Å²) in [6, 6.07) is 7.15. The van der Waals surface area contributed by atoms with Crippen LogP contribution in [0.15, 0.2) is 30.5 Å². The second kappa shape index (κ2) is 7.31. The number of aromatic amines is 1. The molecule has 0 fully saturated rings. The van der Waals surface area contributed by atoms with E-state index in [1.807, 2.05) is 18.2 Å². The van der Waals surface area contributed by atoms with Crippen molar-refractivity contribution in [2.24, 2.45) is 0 Å². The molecule has 6 nitrogen and oxygen atoms in total. The molecule has 0 aliphatic rings. The first-order valence-corrected chi connectivity index (χ1v) is 6.80. The molecule has 2 N–H and O–H groups in total. The number of carbonyl (C=O) groups is 2. The van der Waals surface area contributed by atoms with Gasteiger partial charge in [0, 0.05) is 18.3 Å². The highest BCUT2D eigenvalue weighted by molar-refractivity contribution is 5.94. The standard InChI is InChI=1S/C16H18N2O4/c1-21-14-4-3-11(8-15(14)22-2)5-6-17-16(20)13-7-12(10-19)9-18-13/h3-4,7-10,18H,5-6H2,1-2H3,(H,17,20). The number of aldehydes is 1. The van der Waals surface area contributed by atoms with Crippen LogP contribution >= 0.6 is 0 Å². The van der Waals surface area contributed by atoms with E-state index in [0.717, 1.165) is 5.56 Å². The van der Waals surface area contributed by atoms with Gasteiger partial charge in [-0.3, -0.25) is 9.59 Å². The Morgan fingerprint density at radius 2 is 2.00 bits per heavy atom. The van der Waals surface area contributed by atoms with Crippen LogP contribution in [0.5, 0.6) is 11.5 Å². The first-order chi connectivity index (χ1) is 10.7. The number of methoxy groups -OCH3 is 2. The molecule has 2 aromatic rings. The predicted molar refractivity (Wildman–Crippen MR) is 81.8 cm³/mol. The number of hydrogen-bond donors (Lipinski definition) is 2. The Balaban J connectivity index is 1.90. The lowest BCUT2D eigenvalue weighted by molar-refractivity contribution is 0.0949. The van der Waals surface area contributed by atoms with Crippen LogP contribution in [-0.4, -0.2) is 37.9 Å². The minimum Gasteiger partial charge on any atom is -0.493 e. The number of ether oxygens (including phenoxy) is 2. The normalized spacial score (nSPS) is 10.1. The third-order valence-corrected chi connectivity index (χ3v) is 3.23. The molecule has 6 heteroatoms. The van der Waals surface area contributed by atoms with Crippen LogP contribution in [0.1, 0.15) is 26.4 Å². The van der Waals surface area contributed by atoms with E-state index in [4.69, 9.17) is 9.47 Å². The van der Waals surface area contributed by atoms with E-state index in [-0.39, 0.29) is 5.91 Å². The van der Waals surface area contributed by atoms with Gasteiger partial charge in [-0.15, -0.1) is 0 Å². The van der Waals surface area contributed by atoms with Gasteiger partial charge in [0.05, 0.1) is 14.2 Å². The van der Waals surface area contributed by atoms with Crippen molar-refractivity contribution in [3.63, 3.8) is 0 Å². The largest absolute Gasteiger partial charge is 0.493 e. The summed E-state index contributed by atoms with van der Waals surface area (Å²) in [5.74, 6) is 1.09. The smallest absolute Gasteiger partial charge is 0.267 e. The first-order valence-electron chi connectivity index (χ1n) is 6.80. The number of rotatable bonds is 7. The Bertz CT molecular complexity index is 664. The van der Waals surface area contributed by atoms with Gasteiger partial charge >= 0.3 is 0 Å². The molecule has 0 bridgehead atoms. The number of H-pyrrole nitrogens is 1. The van der Waals surface area contributed by atoms with Crippen molar-refractivity contribution in [3.8, 4) is 11.5 Å². The lowest BCUT2D eigenvalue weighted by atomic mass is 10.1. The maximum atomic E-state index is 11.9. The summed E-state index contributed by atoms with van der Waals surface area (Å²) >= 11 is 0. The maximum Gasteiger partial charge on any atom is 0.267 e. The van der Waals surface area contributed by atoms with Crippen molar-refractivity contribution in [1.29, 1.82) is 0 Å². The Morgan fingerprint density at radius 1 is 1.23 bits per heavy atom. The molecular formula is C16H18N2O4. The summed E-state index contributed by atoms with van der Waals surface area (Å²) in [4.78, 5) is 25.2. The zero-order valence-electron chi connectivity index (χ0n) is 12.5. The fraction of sp³-hybridized carbons (Fsp3) is 0.250. The van der Waals surface area contributed by atoms with Crippen LogP contribution in [-0.2, 0) is 6.42 Å². The molecule has 0 atom stereocenters. The second-order valence-electron chi connectivity index (χ2n) is 4.66. The van der Waals surface area contributed by atoms with Crippen LogP contribution in [0.3, 0.4) is 0 Å². The van der Waals surface area contributed by atoms with Gasteiger partial charge in [-0.25, -0.2) is 0 Å². The van der Waals surface area contributed by atoms with Crippen molar-refractivity contribution in [2.45, 2.75) is 6.42 Å². The summed E-state index contributed by atoms with van der Waals surface area (Å²) in [5.41, 5.74) is 1.84. The zero-order chi connectivity index (χ0) is 15.9. The average molecular weight is 302 g/mol. The van der Waals surface area contributed by atoms with Crippen LogP contribution in [0, 0.1) is 0 Å². The molecule has 0 saturated carbocycles. The van der Waals surface area contributed by atoms with Gasteiger partial charge in [-0.05, 0) is 30.2 Å². The van der Waals surface area contributed by atoms with Crippen molar-refractivity contribution in [2.75, 3.05) is 20.8 Å². The molecule has 0 aliphatic heterocycles. The molecule has 0 aliphatic carbocycles. The van der Waals surface area contributed by atoms with E-state index >= 15 is 0 Å². The highest BCUT2D eigenvalue weighted by atomic mass is 16.5. The van der Waals surface area contributed by atoms with Crippen molar-refractivity contribution in [3.05, 3.63) is 47.3 Å². The molecule has 116 valence electrons. The fourth-order valence-corrected chi connectivity index (χ4v) is 2.06. The van der Waals surface area contributed by atoms with Gasteiger partial charge in [0.2, 0.25) is 0 Å². The van der Waals surface area contributed by atoms with E-state index in [1.165, 1.54) is 12.3 Å². The topological polar surface area (TPSA) is 80.4 Å². The number of amides is 1. The van der Waals surface area contributed by atoms with Gasteiger partial charge in [0.15, 0.2) is 17.8 Å². The van der Waals surface area contributed by atoms with Gasteiger partial charge in [0.1, 0.15) is 5.69 Å². The molecular weight excluding hydrogens is 284 g/mol. The number of hydrogen-bond acceptors (Lipinski definition) is 4. The molecule has 1 aromatic heterocycles. The molecule has 0 saturated heterocycles. The van der Waals surface area contributed by atoms with Crippen molar-refractivity contribution in [1.82, 2.24) is 10.3 Å². The van der Waals surface area contributed by atoms with Crippen LogP contribution in [0.4, 0.5) is 0 Å². The van der Waals surface area contributed by atoms with Crippen molar-refractivity contribution < 1.29 is 19.1 Å². The number of nitrogens with one attached hydrogen (secondary N) is 2. The summed E-state index contributed by atoms with van der Waals surface area (Å²) in [5, 5.41) is 2.79. The first kappa shape index (κ1) is 15.6. The third kappa shape index (κ3) is 3.66. The third-order valence-electron chi connectivity index (χ3n) is 3.23. The van der Waals surface area contributed by atoms with Gasteiger partial charge < -0.3 is 19.8 Å². The minimum atomic E-state index is -0.242. The Hall–Kier alpha value is -2.76. The van der Waals surface area contributed by atoms with Gasteiger partial charge in [-0.2, -0.15) is 0 Å². The lowest BCUT2D eigenvalue weighted by Gasteiger charge is -2.10. The summed E-state index contributed by atoms with van der Waals surface area (Å²) < 4.78 is 10.4. The predicted octanol–water partition coefficient (Wildman–Crippen LogP) is 1.82. The van der Waals surface area contributed by atoms with Gasteiger partial charge in [0.25, 0.3) is 5.91 Å². The summed E-state index contributed by atoms with van der Waals surface area (Å²) in [6.45, 7) is 0.476. The fourth-order valence-electron chi connectivity index (χ4n) is 2.06. The maximum absolute atomic E-state index is 11.9. The molecule has 0 radical (unpaired) electrons. The van der Waals surface area contributed by atoms with Crippen LogP contribution < -0.4 is 14.8 Å². The van der Waals surface area contributed by atoms with E-state index < -0.39 is 0 Å². The SMILES string of the molecule is COc1ccc(CCNC(=O)c2cc(C=O)c[nH]2)cc1OC. The Labute approximate surface area is 128 Å². The minimum absolute atomic E-state index is 0.242. The van der Waals surface area contributed by atoms with E-state index in [9.17, 15) is 9.59 Å². The number of carbonyl (C=O) groups excluding carboxylic acids is 2. The summed E-state index contributed by atoms with van der Waals surface area (Å²) in [6.07, 6.45) is 2.85. The Kier molecular flexibility index (Phi) is 5.19. The molecule has 1 heterocycles. The van der Waals surface area contributed by atoms with E-state index in [1.54, 1.807) is 14.2 Å². The molecule has 1 aromatic carbocycles. The zero-order valence-corrected chi connectivity index (χ0v) is 12.5. The quantitative estimate of drug-likeness (QED) is 0.765. The Morgan fingerprint density at radius 3 is 2.64 bits per heavy atom. The highest BCUT2D eigenvalue weighted by Gasteiger charge is 2.08. The molecule has 1 amide bonds.